The Morgan fingerprint density at radius 3 is 2.73 bits per heavy atom. The fourth-order valence-corrected chi connectivity index (χ4v) is 3.66. The Kier molecular flexibility index (Phi) is 4.57. The molecule has 0 amide bonds. The van der Waals surface area contributed by atoms with Crippen molar-refractivity contribution in [2.24, 2.45) is 11.7 Å². The van der Waals surface area contributed by atoms with Crippen molar-refractivity contribution in [1.82, 2.24) is 15.3 Å². The van der Waals surface area contributed by atoms with Crippen molar-refractivity contribution in [1.29, 1.82) is 0 Å². The van der Waals surface area contributed by atoms with Gasteiger partial charge in [0.25, 0.3) is 0 Å². The molecule has 134 valence electrons. The highest BCUT2D eigenvalue weighted by molar-refractivity contribution is 5.84. The van der Waals surface area contributed by atoms with Crippen molar-refractivity contribution in [2.75, 3.05) is 13.1 Å². The Labute approximate surface area is 153 Å². The summed E-state index contributed by atoms with van der Waals surface area (Å²) in [5.74, 6) is 1.29. The van der Waals surface area contributed by atoms with Crippen LogP contribution in [0.15, 0.2) is 42.5 Å². The predicted octanol–water partition coefficient (Wildman–Crippen LogP) is 3.31. The minimum Gasteiger partial charge on any atom is -0.507 e. The molecule has 1 aromatic heterocycles. The Morgan fingerprint density at radius 2 is 2.00 bits per heavy atom. The van der Waals surface area contributed by atoms with Crippen molar-refractivity contribution >= 4 is 10.9 Å². The number of para-hydroxylation sites is 1. The summed E-state index contributed by atoms with van der Waals surface area (Å²) in [5, 5.41) is 14.9. The highest BCUT2D eigenvalue weighted by Gasteiger charge is 2.24. The van der Waals surface area contributed by atoms with Gasteiger partial charge in [0.1, 0.15) is 5.75 Å². The van der Waals surface area contributed by atoms with Crippen LogP contribution in [0.5, 0.6) is 5.75 Å². The first-order valence-electron chi connectivity index (χ1n) is 9.16. The normalized spacial score (nSPS) is 20.4. The first-order valence-corrected chi connectivity index (χ1v) is 9.16. The Morgan fingerprint density at radius 1 is 1.15 bits per heavy atom. The van der Waals surface area contributed by atoms with Crippen LogP contribution in [0.4, 0.5) is 0 Å². The fraction of sp³-hybridized carbons (Fsp3) is 0.333. The number of nitrogens with one attached hydrogen (secondary N) is 1. The smallest absolute Gasteiger partial charge is 0.163 e. The lowest BCUT2D eigenvalue weighted by atomic mass is 9.91. The second kappa shape index (κ2) is 7.02. The largest absolute Gasteiger partial charge is 0.507 e. The van der Waals surface area contributed by atoms with Crippen LogP contribution < -0.4 is 11.1 Å². The molecule has 3 aromatic rings. The number of nitrogens with zero attached hydrogens (tertiary/aromatic N) is 2. The number of hydrogen-bond donors (Lipinski definition) is 3. The van der Waals surface area contributed by atoms with E-state index in [1.165, 1.54) is 0 Å². The molecule has 0 saturated carbocycles. The molecule has 5 nitrogen and oxygen atoms in total. The molecule has 2 aromatic carbocycles. The number of phenolic OH excluding ortho intramolecular Hbond substituents is 1. The predicted molar refractivity (Wildman–Crippen MR) is 104 cm³/mol. The first-order chi connectivity index (χ1) is 12.7. The molecule has 2 atom stereocenters. The summed E-state index contributed by atoms with van der Waals surface area (Å²) in [5.41, 5.74) is 9.55. The number of aromatic hydroxyl groups is 1. The minimum atomic E-state index is 0.176. The van der Waals surface area contributed by atoms with Crippen molar-refractivity contribution in [2.45, 2.75) is 25.8 Å². The molecular formula is C21H24N4O. The van der Waals surface area contributed by atoms with E-state index in [-0.39, 0.29) is 11.8 Å². The van der Waals surface area contributed by atoms with Crippen LogP contribution in [0.2, 0.25) is 0 Å². The topological polar surface area (TPSA) is 84.1 Å². The molecule has 0 radical (unpaired) electrons. The minimum absolute atomic E-state index is 0.176. The van der Waals surface area contributed by atoms with Crippen LogP contribution in [-0.2, 0) is 0 Å². The number of hydrogen-bond acceptors (Lipinski definition) is 5. The summed E-state index contributed by atoms with van der Waals surface area (Å²) < 4.78 is 0. The molecule has 1 saturated heterocycles. The third-order valence-corrected chi connectivity index (χ3v) is 5.21. The molecule has 0 aliphatic carbocycles. The maximum absolute atomic E-state index is 10.2. The number of rotatable bonds is 3. The quantitative estimate of drug-likeness (QED) is 0.676. The van der Waals surface area contributed by atoms with Crippen LogP contribution >= 0.6 is 0 Å². The zero-order chi connectivity index (χ0) is 18.1. The van der Waals surface area contributed by atoms with Crippen molar-refractivity contribution in [3.8, 4) is 17.1 Å². The number of aryl methyl sites for hydroxylation is 1. The summed E-state index contributed by atoms with van der Waals surface area (Å²) in [7, 11) is 0. The lowest BCUT2D eigenvalue weighted by Gasteiger charge is -2.29. The number of nitrogens with two attached hydrogens (primary N) is 1. The summed E-state index contributed by atoms with van der Waals surface area (Å²) in [6, 6.07) is 13.7. The third-order valence-electron chi connectivity index (χ3n) is 5.21. The molecular weight excluding hydrogens is 324 g/mol. The second-order valence-electron chi connectivity index (χ2n) is 7.11. The molecule has 5 heteroatoms. The van der Waals surface area contributed by atoms with E-state index in [0.717, 1.165) is 41.5 Å². The molecule has 26 heavy (non-hydrogen) atoms. The number of aromatic nitrogens is 2. The maximum Gasteiger partial charge on any atom is 0.163 e. The van der Waals surface area contributed by atoms with Gasteiger partial charge >= 0.3 is 0 Å². The Balaban J connectivity index is 1.84. The van der Waals surface area contributed by atoms with Crippen molar-refractivity contribution in [3.05, 3.63) is 53.7 Å². The Hall–Kier alpha value is -2.50. The van der Waals surface area contributed by atoms with Crippen molar-refractivity contribution in [3.63, 3.8) is 0 Å². The molecule has 1 aliphatic heterocycles. The third kappa shape index (κ3) is 3.16. The van der Waals surface area contributed by atoms with E-state index in [2.05, 4.69) is 30.4 Å². The summed E-state index contributed by atoms with van der Waals surface area (Å²) >= 11 is 0. The lowest BCUT2D eigenvalue weighted by molar-refractivity contribution is 0.317. The lowest BCUT2D eigenvalue weighted by Crippen LogP contribution is -2.37. The van der Waals surface area contributed by atoms with Gasteiger partial charge < -0.3 is 16.2 Å². The number of piperidine rings is 1. The van der Waals surface area contributed by atoms with Gasteiger partial charge in [0, 0.05) is 5.39 Å². The molecule has 2 heterocycles. The molecule has 1 aliphatic rings. The molecule has 0 bridgehead atoms. The molecule has 4 rings (SSSR count). The average molecular weight is 348 g/mol. The van der Waals surface area contributed by atoms with E-state index in [1.54, 1.807) is 12.1 Å². The molecule has 4 N–H and O–H groups in total. The van der Waals surface area contributed by atoms with Gasteiger partial charge in [-0.25, -0.2) is 9.97 Å². The van der Waals surface area contributed by atoms with Gasteiger partial charge in [-0.15, -0.1) is 0 Å². The van der Waals surface area contributed by atoms with E-state index < -0.39 is 0 Å². The van der Waals surface area contributed by atoms with E-state index in [1.807, 2.05) is 12.1 Å². The monoisotopic (exact) mass is 348 g/mol. The van der Waals surface area contributed by atoms with E-state index in [9.17, 15) is 5.11 Å². The van der Waals surface area contributed by atoms with E-state index in [0.29, 0.717) is 23.9 Å². The van der Waals surface area contributed by atoms with E-state index in [4.69, 9.17) is 15.7 Å². The maximum atomic E-state index is 10.2. The van der Waals surface area contributed by atoms with Crippen molar-refractivity contribution < 1.29 is 5.11 Å². The summed E-state index contributed by atoms with van der Waals surface area (Å²) in [6.07, 6.45) is 2.10. The van der Waals surface area contributed by atoms with Crippen LogP contribution in [0.1, 0.15) is 30.1 Å². The van der Waals surface area contributed by atoms with Gasteiger partial charge in [-0.3, -0.25) is 0 Å². The van der Waals surface area contributed by atoms with Gasteiger partial charge in [-0.05, 0) is 62.5 Å². The zero-order valence-corrected chi connectivity index (χ0v) is 14.9. The Bertz CT molecular complexity index is 932. The van der Waals surface area contributed by atoms with Gasteiger partial charge in [0.2, 0.25) is 0 Å². The SMILES string of the molecule is Cc1ccc2c(C3CCC(CN)CN3)nc(-c3ccccc3O)nc2c1. The summed E-state index contributed by atoms with van der Waals surface area (Å²) in [6.45, 7) is 3.68. The highest BCUT2D eigenvalue weighted by atomic mass is 16.3. The van der Waals surface area contributed by atoms with Crippen LogP contribution in [0.3, 0.4) is 0 Å². The van der Waals surface area contributed by atoms with Crippen LogP contribution in [-0.4, -0.2) is 28.2 Å². The number of fused-ring (bicyclic) bond motifs is 1. The van der Waals surface area contributed by atoms with Gasteiger partial charge in [0.15, 0.2) is 5.82 Å². The van der Waals surface area contributed by atoms with Gasteiger partial charge in [-0.1, -0.05) is 24.3 Å². The summed E-state index contributed by atoms with van der Waals surface area (Å²) in [4.78, 5) is 9.61. The molecule has 2 unspecified atom stereocenters. The highest BCUT2D eigenvalue weighted by Crippen LogP contribution is 2.33. The van der Waals surface area contributed by atoms with Crippen LogP contribution in [0, 0.1) is 12.8 Å². The average Bonchev–Trinajstić information content (AvgIpc) is 2.67. The fourth-order valence-electron chi connectivity index (χ4n) is 3.66. The first kappa shape index (κ1) is 16.9. The van der Waals surface area contributed by atoms with Gasteiger partial charge in [-0.2, -0.15) is 0 Å². The number of phenols is 1. The second-order valence-corrected chi connectivity index (χ2v) is 7.11. The number of benzene rings is 2. The molecule has 0 spiro atoms. The van der Waals surface area contributed by atoms with E-state index >= 15 is 0 Å². The molecule has 1 fully saturated rings. The standard InChI is InChI=1S/C21H24N4O/c1-13-6-8-15-18(10-13)24-21(16-4-2-3-5-19(16)26)25-20(15)17-9-7-14(11-22)12-23-17/h2-6,8,10,14,17,23,26H,7,9,11-12,22H2,1H3. The van der Waals surface area contributed by atoms with Gasteiger partial charge in [0.05, 0.1) is 22.8 Å². The zero-order valence-electron chi connectivity index (χ0n) is 14.9. The van der Waals surface area contributed by atoms with Crippen LogP contribution in [0.25, 0.3) is 22.3 Å².